The van der Waals surface area contributed by atoms with Gasteiger partial charge in [-0.15, -0.1) is 0 Å². The van der Waals surface area contributed by atoms with E-state index in [0.29, 0.717) is 17.8 Å². The molecule has 0 heterocycles. The van der Waals surface area contributed by atoms with Gasteiger partial charge in [-0.25, -0.2) is 0 Å². The van der Waals surface area contributed by atoms with Gasteiger partial charge in [0.2, 0.25) is 0 Å². The maximum absolute atomic E-state index is 10.7. The number of hydrogen-bond donors (Lipinski definition) is 1. The summed E-state index contributed by atoms with van der Waals surface area (Å²) in [5.41, 5.74) is -0.361. The van der Waals surface area contributed by atoms with E-state index in [1.807, 2.05) is 0 Å². The molecule has 0 atom stereocenters. The standard InChI is InChI=1S/C13H26O/c1-10(2)12(11(3)4)13(14)8-6-5-7-9-13/h10-12,14H,5-9H2,1-4H3. The van der Waals surface area contributed by atoms with Crippen molar-refractivity contribution < 1.29 is 5.11 Å². The monoisotopic (exact) mass is 198 g/mol. The number of aliphatic hydroxyl groups is 1. The van der Waals surface area contributed by atoms with E-state index < -0.39 is 0 Å². The molecular formula is C13H26O. The van der Waals surface area contributed by atoms with Crippen LogP contribution in [0.15, 0.2) is 0 Å². The molecule has 1 aliphatic carbocycles. The van der Waals surface area contributed by atoms with Crippen molar-refractivity contribution >= 4 is 0 Å². The van der Waals surface area contributed by atoms with Gasteiger partial charge in [-0.3, -0.25) is 0 Å². The molecule has 0 radical (unpaired) electrons. The number of hydrogen-bond acceptors (Lipinski definition) is 1. The van der Waals surface area contributed by atoms with Gasteiger partial charge < -0.3 is 5.11 Å². The van der Waals surface area contributed by atoms with Gasteiger partial charge in [-0.2, -0.15) is 0 Å². The lowest BCUT2D eigenvalue weighted by Crippen LogP contribution is -2.45. The fourth-order valence-corrected chi connectivity index (χ4v) is 3.51. The zero-order valence-electron chi connectivity index (χ0n) is 10.2. The zero-order chi connectivity index (χ0) is 10.8. The average molecular weight is 198 g/mol. The fourth-order valence-electron chi connectivity index (χ4n) is 3.51. The molecule has 0 aliphatic heterocycles. The zero-order valence-corrected chi connectivity index (χ0v) is 10.2. The number of rotatable bonds is 3. The second kappa shape index (κ2) is 4.65. The van der Waals surface area contributed by atoms with Crippen LogP contribution in [0.2, 0.25) is 0 Å². The normalized spacial score (nSPS) is 22.3. The Hall–Kier alpha value is -0.0400. The van der Waals surface area contributed by atoms with Crippen molar-refractivity contribution in [2.45, 2.75) is 65.4 Å². The van der Waals surface area contributed by atoms with E-state index in [0.717, 1.165) is 12.8 Å². The molecule has 1 aliphatic rings. The van der Waals surface area contributed by atoms with Crippen LogP contribution in [0, 0.1) is 17.8 Å². The van der Waals surface area contributed by atoms with Crippen LogP contribution in [0.1, 0.15) is 59.8 Å². The highest BCUT2D eigenvalue weighted by Gasteiger charge is 2.40. The first-order chi connectivity index (χ1) is 6.47. The Morgan fingerprint density at radius 3 is 1.64 bits per heavy atom. The second-order valence-electron chi connectivity index (χ2n) is 5.68. The molecule has 0 bridgehead atoms. The first-order valence-corrected chi connectivity index (χ1v) is 6.20. The van der Waals surface area contributed by atoms with Gasteiger partial charge in [0.25, 0.3) is 0 Å². The molecule has 1 fully saturated rings. The molecule has 1 nitrogen and oxygen atoms in total. The molecule has 0 amide bonds. The molecule has 0 aromatic rings. The Morgan fingerprint density at radius 1 is 0.857 bits per heavy atom. The highest BCUT2D eigenvalue weighted by atomic mass is 16.3. The Kier molecular flexibility index (Phi) is 4.00. The first-order valence-electron chi connectivity index (χ1n) is 6.20. The van der Waals surface area contributed by atoms with E-state index in [9.17, 15) is 5.11 Å². The van der Waals surface area contributed by atoms with Gasteiger partial charge in [-0.1, -0.05) is 47.0 Å². The van der Waals surface area contributed by atoms with Gasteiger partial charge >= 0.3 is 0 Å². The van der Waals surface area contributed by atoms with E-state index in [4.69, 9.17) is 0 Å². The topological polar surface area (TPSA) is 20.2 Å². The Labute approximate surface area is 88.9 Å². The lowest BCUT2D eigenvalue weighted by atomic mass is 9.67. The van der Waals surface area contributed by atoms with Crippen LogP contribution in [0.25, 0.3) is 0 Å². The first kappa shape index (κ1) is 12.0. The van der Waals surface area contributed by atoms with Crippen LogP contribution < -0.4 is 0 Å². The molecule has 0 aromatic heterocycles. The van der Waals surface area contributed by atoms with Crippen LogP contribution in [0.4, 0.5) is 0 Å². The third kappa shape index (κ3) is 2.50. The largest absolute Gasteiger partial charge is 0.390 e. The second-order valence-corrected chi connectivity index (χ2v) is 5.68. The van der Waals surface area contributed by atoms with Gasteiger partial charge in [0.05, 0.1) is 5.60 Å². The summed E-state index contributed by atoms with van der Waals surface area (Å²) in [5.74, 6) is 1.67. The lowest BCUT2D eigenvalue weighted by molar-refractivity contribution is -0.0822. The Morgan fingerprint density at radius 2 is 1.29 bits per heavy atom. The van der Waals surface area contributed by atoms with Crippen LogP contribution in [-0.2, 0) is 0 Å². The summed E-state index contributed by atoms with van der Waals surface area (Å²) in [5, 5.41) is 10.7. The lowest BCUT2D eigenvalue weighted by Gasteiger charge is -2.43. The summed E-state index contributed by atoms with van der Waals surface area (Å²) < 4.78 is 0. The molecule has 14 heavy (non-hydrogen) atoms. The predicted octanol–water partition coefficient (Wildman–Crippen LogP) is 3.61. The van der Waals surface area contributed by atoms with Crippen LogP contribution >= 0.6 is 0 Å². The van der Waals surface area contributed by atoms with Crippen molar-refractivity contribution in [1.29, 1.82) is 0 Å². The third-order valence-electron chi connectivity index (χ3n) is 3.78. The maximum atomic E-state index is 10.7. The van der Waals surface area contributed by atoms with E-state index in [1.165, 1.54) is 19.3 Å². The van der Waals surface area contributed by atoms with E-state index in [2.05, 4.69) is 27.7 Å². The van der Waals surface area contributed by atoms with Crippen LogP contribution in [0.5, 0.6) is 0 Å². The third-order valence-corrected chi connectivity index (χ3v) is 3.78. The molecule has 0 unspecified atom stereocenters. The minimum absolute atomic E-state index is 0.361. The van der Waals surface area contributed by atoms with Gasteiger partial charge in [0.15, 0.2) is 0 Å². The summed E-state index contributed by atoms with van der Waals surface area (Å²) in [6, 6.07) is 0. The van der Waals surface area contributed by atoms with E-state index >= 15 is 0 Å². The highest BCUT2D eigenvalue weighted by Crippen LogP contribution is 2.41. The summed E-state index contributed by atoms with van der Waals surface area (Å²) in [4.78, 5) is 0. The molecule has 84 valence electrons. The predicted molar refractivity (Wildman–Crippen MR) is 61.2 cm³/mol. The van der Waals surface area contributed by atoms with Crippen molar-refractivity contribution in [2.75, 3.05) is 0 Å². The van der Waals surface area contributed by atoms with Crippen molar-refractivity contribution in [3.8, 4) is 0 Å². The van der Waals surface area contributed by atoms with Crippen molar-refractivity contribution in [1.82, 2.24) is 0 Å². The molecule has 0 spiro atoms. The Bertz CT molecular complexity index is 158. The van der Waals surface area contributed by atoms with Crippen molar-refractivity contribution in [2.24, 2.45) is 17.8 Å². The van der Waals surface area contributed by atoms with Crippen molar-refractivity contribution in [3.05, 3.63) is 0 Å². The minimum atomic E-state index is -0.361. The molecule has 0 aromatic carbocycles. The smallest absolute Gasteiger partial charge is 0.0680 e. The molecule has 1 N–H and O–H groups in total. The van der Waals surface area contributed by atoms with Gasteiger partial charge in [-0.05, 0) is 30.6 Å². The summed E-state index contributed by atoms with van der Waals surface area (Å²) in [6.45, 7) is 8.99. The summed E-state index contributed by atoms with van der Waals surface area (Å²) in [6.07, 6.45) is 5.78. The van der Waals surface area contributed by atoms with Crippen molar-refractivity contribution in [3.63, 3.8) is 0 Å². The maximum Gasteiger partial charge on any atom is 0.0680 e. The van der Waals surface area contributed by atoms with E-state index in [-0.39, 0.29) is 5.60 Å². The van der Waals surface area contributed by atoms with Crippen LogP contribution in [-0.4, -0.2) is 10.7 Å². The fraction of sp³-hybridized carbons (Fsp3) is 1.00. The van der Waals surface area contributed by atoms with Gasteiger partial charge in [0, 0.05) is 0 Å². The average Bonchev–Trinajstić information content (AvgIpc) is 2.02. The molecule has 1 heteroatoms. The quantitative estimate of drug-likeness (QED) is 0.734. The highest BCUT2D eigenvalue weighted by molar-refractivity contribution is 4.91. The molecule has 1 rings (SSSR count). The summed E-state index contributed by atoms with van der Waals surface area (Å²) >= 11 is 0. The SMILES string of the molecule is CC(C)C(C(C)C)C1(O)CCCCC1. The minimum Gasteiger partial charge on any atom is -0.390 e. The van der Waals surface area contributed by atoms with Crippen LogP contribution in [0.3, 0.4) is 0 Å². The molecular weight excluding hydrogens is 172 g/mol. The van der Waals surface area contributed by atoms with Gasteiger partial charge in [0.1, 0.15) is 0 Å². The Balaban J connectivity index is 2.74. The molecule has 1 saturated carbocycles. The van der Waals surface area contributed by atoms with E-state index in [1.54, 1.807) is 0 Å². The molecule has 0 saturated heterocycles. The summed E-state index contributed by atoms with van der Waals surface area (Å²) in [7, 11) is 0.